The Morgan fingerprint density at radius 3 is 2.71 bits per heavy atom. The van der Waals surface area contributed by atoms with Gasteiger partial charge in [-0.05, 0) is 38.3 Å². The van der Waals surface area contributed by atoms with Crippen LogP contribution in [0.1, 0.15) is 36.5 Å². The zero-order valence-corrected chi connectivity index (χ0v) is 9.72. The van der Waals surface area contributed by atoms with Crippen molar-refractivity contribution >= 4 is 5.97 Å². The van der Waals surface area contributed by atoms with Gasteiger partial charge in [-0.2, -0.15) is 0 Å². The minimum absolute atomic E-state index is 0.164. The highest BCUT2D eigenvalue weighted by Gasteiger charge is 2.24. The minimum atomic E-state index is -1.52. The molecule has 0 heterocycles. The van der Waals surface area contributed by atoms with Gasteiger partial charge in [0.2, 0.25) is 0 Å². The largest absolute Gasteiger partial charge is 0.490 e. The highest BCUT2D eigenvalue weighted by Crippen LogP contribution is 2.31. The van der Waals surface area contributed by atoms with Crippen molar-refractivity contribution in [3.8, 4) is 5.75 Å². The maximum atomic E-state index is 10.8. The Morgan fingerprint density at radius 2 is 2.18 bits per heavy atom. The van der Waals surface area contributed by atoms with E-state index in [0.29, 0.717) is 11.3 Å². The quantitative estimate of drug-likeness (QED) is 0.839. The van der Waals surface area contributed by atoms with Gasteiger partial charge >= 0.3 is 5.97 Å². The number of rotatable bonds is 4. The van der Waals surface area contributed by atoms with E-state index in [1.54, 1.807) is 12.1 Å². The van der Waals surface area contributed by atoms with Gasteiger partial charge in [0.05, 0.1) is 6.10 Å². The molecule has 1 aliphatic rings. The number of hydrogen-bond acceptors (Lipinski definition) is 3. The van der Waals surface area contributed by atoms with Crippen molar-refractivity contribution in [2.45, 2.75) is 38.4 Å². The highest BCUT2D eigenvalue weighted by molar-refractivity contribution is 5.75. The first kappa shape index (κ1) is 11.9. The lowest BCUT2D eigenvalue weighted by Crippen LogP contribution is -2.25. The summed E-state index contributed by atoms with van der Waals surface area (Å²) >= 11 is 0. The molecule has 4 nitrogen and oxygen atoms in total. The zero-order chi connectivity index (χ0) is 12.4. The zero-order valence-electron chi connectivity index (χ0n) is 9.72. The molecule has 17 heavy (non-hydrogen) atoms. The fourth-order valence-corrected chi connectivity index (χ4v) is 1.79. The third-order valence-electron chi connectivity index (χ3n) is 3.04. The van der Waals surface area contributed by atoms with Gasteiger partial charge in [-0.25, -0.2) is 4.79 Å². The van der Waals surface area contributed by atoms with E-state index < -0.39 is 12.1 Å². The molecule has 0 radical (unpaired) electrons. The van der Waals surface area contributed by atoms with Gasteiger partial charge in [0.15, 0.2) is 6.10 Å². The summed E-state index contributed by atoms with van der Waals surface area (Å²) in [7, 11) is 0. The summed E-state index contributed by atoms with van der Waals surface area (Å²) < 4.78 is 5.68. The van der Waals surface area contributed by atoms with Crippen LogP contribution in [0.5, 0.6) is 5.75 Å². The maximum absolute atomic E-state index is 10.8. The van der Waals surface area contributed by atoms with E-state index in [4.69, 9.17) is 9.84 Å². The molecular formula is C13H16O4. The van der Waals surface area contributed by atoms with E-state index in [0.717, 1.165) is 24.8 Å². The molecule has 1 aliphatic carbocycles. The summed E-state index contributed by atoms with van der Waals surface area (Å²) in [5.41, 5.74) is 1.24. The standard InChI is InChI=1S/C13H16O4/c1-8-5-6-11(17-9-3-2-4-9)10(7-8)12(14)13(15)16/h5-7,9,12,14H,2-4H2,1H3,(H,15,16). The van der Waals surface area contributed by atoms with Gasteiger partial charge in [-0.3, -0.25) is 0 Å². The van der Waals surface area contributed by atoms with E-state index >= 15 is 0 Å². The summed E-state index contributed by atoms with van der Waals surface area (Å²) in [6.45, 7) is 1.85. The molecule has 0 bridgehead atoms. The lowest BCUT2D eigenvalue weighted by molar-refractivity contribution is -0.147. The molecule has 1 aromatic rings. The normalized spacial score (nSPS) is 17.3. The Morgan fingerprint density at radius 1 is 1.47 bits per heavy atom. The molecule has 1 saturated carbocycles. The van der Waals surface area contributed by atoms with E-state index in [1.807, 2.05) is 13.0 Å². The molecule has 0 aliphatic heterocycles. The molecule has 0 aromatic heterocycles. The summed E-state index contributed by atoms with van der Waals surface area (Å²) in [5, 5.41) is 18.5. The van der Waals surface area contributed by atoms with Crippen molar-refractivity contribution in [3.63, 3.8) is 0 Å². The van der Waals surface area contributed by atoms with Crippen LogP contribution in [0.15, 0.2) is 18.2 Å². The summed E-state index contributed by atoms with van der Waals surface area (Å²) in [5.74, 6) is -0.774. The third kappa shape index (κ3) is 2.58. The molecule has 0 amide bonds. The molecule has 1 unspecified atom stereocenters. The number of benzene rings is 1. The lowest BCUT2D eigenvalue weighted by Gasteiger charge is -2.28. The van der Waals surface area contributed by atoms with Crippen molar-refractivity contribution in [1.29, 1.82) is 0 Å². The molecule has 92 valence electrons. The molecule has 1 aromatic carbocycles. The second-order valence-electron chi connectivity index (χ2n) is 4.45. The van der Waals surface area contributed by atoms with Crippen LogP contribution in [0.3, 0.4) is 0 Å². The van der Waals surface area contributed by atoms with Crippen molar-refractivity contribution < 1.29 is 19.7 Å². The second kappa shape index (κ2) is 4.75. The summed E-state index contributed by atoms with van der Waals surface area (Å²) in [6.07, 6.45) is 1.78. The van der Waals surface area contributed by atoms with Crippen molar-refractivity contribution in [1.82, 2.24) is 0 Å². The van der Waals surface area contributed by atoms with Crippen molar-refractivity contribution in [2.75, 3.05) is 0 Å². The number of carboxylic acids is 1. The number of aliphatic hydroxyl groups excluding tert-OH is 1. The van der Waals surface area contributed by atoms with Crippen molar-refractivity contribution in [3.05, 3.63) is 29.3 Å². The van der Waals surface area contributed by atoms with E-state index in [9.17, 15) is 9.90 Å². The van der Waals surface area contributed by atoms with Crippen LogP contribution in [-0.4, -0.2) is 22.3 Å². The lowest BCUT2D eigenvalue weighted by atomic mass is 9.96. The van der Waals surface area contributed by atoms with Gasteiger partial charge in [0, 0.05) is 5.56 Å². The fraction of sp³-hybridized carbons (Fsp3) is 0.462. The molecular weight excluding hydrogens is 220 g/mol. The Kier molecular flexibility index (Phi) is 3.33. The van der Waals surface area contributed by atoms with Gasteiger partial charge in [0.25, 0.3) is 0 Å². The van der Waals surface area contributed by atoms with E-state index in [2.05, 4.69) is 0 Å². The van der Waals surface area contributed by atoms with Crippen LogP contribution in [0.4, 0.5) is 0 Å². The third-order valence-corrected chi connectivity index (χ3v) is 3.04. The molecule has 1 atom stereocenters. The van der Waals surface area contributed by atoms with Crippen molar-refractivity contribution in [2.24, 2.45) is 0 Å². The van der Waals surface area contributed by atoms with Gasteiger partial charge in [-0.15, -0.1) is 0 Å². The number of ether oxygens (including phenoxy) is 1. The van der Waals surface area contributed by atoms with E-state index in [-0.39, 0.29) is 6.10 Å². The number of hydrogen-bond donors (Lipinski definition) is 2. The van der Waals surface area contributed by atoms with Gasteiger partial charge in [0.1, 0.15) is 5.75 Å². The van der Waals surface area contributed by atoms with Crippen LogP contribution in [0, 0.1) is 6.92 Å². The predicted molar refractivity (Wildman–Crippen MR) is 62.0 cm³/mol. The average Bonchev–Trinajstić information content (AvgIpc) is 2.23. The van der Waals surface area contributed by atoms with Crippen LogP contribution in [0.25, 0.3) is 0 Å². The number of aliphatic carboxylic acids is 1. The Bertz CT molecular complexity index is 423. The molecule has 1 fully saturated rings. The number of carboxylic acid groups (broad SMARTS) is 1. The molecule has 2 N–H and O–H groups in total. The predicted octanol–water partition coefficient (Wildman–Crippen LogP) is 2.04. The van der Waals surface area contributed by atoms with E-state index in [1.165, 1.54) is 0 Å². The average molecular weight is 236 g/mol. The Labute approximate surface area is 99.8 Å². The molecule has 4 heteroatoms. The first-order valence-electron chi connectivity index (χ1n) is 5.76. The minimum Gasteiger partial charge on any atom is -0.490 e. The van der Waals surface area contributed by atoms with Crippen LogP contribution >= 0.6 is 0 Å². The van der Waals surface area contributed by atoms with Crippen LogP contribution in [-0.2, 0) is 4.79 Å². The van der Waals surface area contributed by atoms with Crippen LogP contribution < -0.4 is 4.74 Å². The first-order valence-corrected chi connectivity index (χ1v) is 5.76. The fourth-order valence-electron chi connectivity index (χ4n) is 1.79. The van der Waals surface area contributed by atoms with Gasteiger partial charge < -0.3 is 14.9 Å². The maximum Gasteiger partial charge on any atom is 0.337 e. The Hall–Kier alpha value is -1.55. The first-order chi connectivity index (χ1) is 8.08. The molecule has 2 rings (SSSR count). The summed E-state index contributed by atoms with van der Waals surface area (Å²) in [4.78, 5) is 10.8. The van der Waals surface area contributed by atoms with Crippen LogP contribution in [0.2, 0.25) is 0 Å². The smallest absolute Gasteiger partial charge is 0.337 e. The number of aliphatic hydroxyl groups is 1. The topological polar surface area (TPSA) is 66.8 Å². The highest BCUT2D eigenvalue weighted by atomic mass is 16.5. The second-order valence-corrected chi connectivity index (χ2v) is 4.45. The Balaban J connectivity index is 2.26. The SMILES string of the molecule is Cc1ccc(OC2CCC2)c(C(O)C(=O)O)c1. The monoisotopic (exact) mass is 236 g/mol. The molecule has 0 saturated heterocycles. The number of aryl methyl sites for hydroxylation is 1. The summed E-state index contributed by atoms with van der Waals surface area (Å²) in [6, 6.07) is 5.24. The number of carbonyl (C=O) groups is 1. The molecule has 0 spiro atoms. The van der Waals surface area contributed by atoms with Gasteiger partial charge in [-0.1, -0.05) is 11.6 Å².